The fourth-order valence-electron chi connectivity index (χ4n) is 2.71. The third-order valence-corrected chi connectivity index (χ3v) is 5.82. The lowest BCUT2D eigenvalue weighted by molar-refractivity contribution is -0.135. The van der Waals surface area contributed by atoms with Crippen LogP contribution in [-0.2, 0) is 9.53 Å². The van der Waals surface area contributed by atoms with Gasteiger partial charge in [0.25, 0.3) is 5.91 Å². The Morgan fingerprint density at radius 1 is 1.21 bits per heavy atom. The van der Waals surface area contributed by atoms with Gasteiger partial charge in [0, 0.05) is 7.05 Å². The number of ether oxygens (including phenoxy) is 2. The minimum absolute atomic E-state index is 0.219. The van der Waals surface area contributed by atoms with Crippen LogP contribution in [0.5, 0.6) is 5.75 Å². The Balaban J connectivity index is 1.62. The number of amides is 1. The largest absolute Gasteiger partial charge is 0.496 e. The highest BCUT2D eigenvalue weighted by atomic mass is 32.1. The molecule has 1 aromatic heterocycles. The average Bonchev–Trinajstić information content (AvgIpc) is 3.15. The summed E-state index contributed by atoms with van der Waals surface area (Å²) in [5.41, 5.74) is 2.17. The van der Waals surface area contributed by atoms with Crippen LogP contribution >= 0.6 is 11.3 Å². The Kier molecular flexibility index (Phi) is 5.94. The summed E-state index contributed by atoms with van der Waals surface area (Å²) in [6.45, 7) is 3.46. The van der Waals surface area contributed by atoms with Gasteiger partial charge in [0.05, 0.1) is 28.9 Å². The summed E-state index contributed by atoms with van der Waals surface area (Å²) in [4.78, 5) is 30.9. The summed E-state index contributed by atoms with van der Waals surface area (Å²) in [6.07, 6.45) is 0. The molecular formula is C21H22N2O4S. The molecule has 0 aliphatic rings. The number of hydrogen-bond acceptors (Lipinski definition) is 6. The third-order valence-electron chi connectivity index (χ3n) is 4.61. The van der Waals surface area contributed by atoms with Gasteiger partial charge in [-0.25, -0.2) is 9.78 Å². The molecule has 1 amide bonds. The van der Waals surface area contributed by atoms with Gasteiger partial charge >= 0.3 is 5.97 Å². The summed E-state index contributed by atoms with van der Waals surface area (Å²) in [7, 11) is 3.22. The molecule has 2 aromatic carbocycles. The van der Waals surface area contributed by atoms with Gasteiger partial charge in [0.2, 0.25) is 0 Å². The highest BCUT2D eigenvalue weighted by Crippen LogP contribution is 2.28. The molecular weight excluding hydrogens is 376 g/mol. The molecule has 0 spiro atoms. The monoisotopic (exact) mass is 398 g/mol. The van der Waals surface area contributed by atoms with Crippen LogP contribution in [0.3, 0.4) is 0 Å². The minimum Gasteiger partial charge on any atom is -0.496 e. The Morgan fingerprint density at radius 3 is 2.68 bits per heavy atom. The van der Waals surface area contributed by atoms with Gasteiger partial charge in [0.15, 0.2) is 6.61 Å². The van der Waals surface area contributed by atoms with Gasteiger partial charge in [-0.15, -0.1) is 11.3 Å². The van der Waals surface area contributed by atoms with Crippen LogP contribution in [-0.4, -0.2) is 42.5 Å². The standard InChI is InChI=1S/C21H22N2O4S/c1-13-9-10-15(11-17(13)26-4)21(25)27-12-19(24)23(3)14(2)20-22-16-7-5-6-8-18(16)28-20/h5-11,14H,12H2,1-4H3/t14-/m0/s1. The summed E-state index contributed by atoms with van der Waals surface area (Å²) >= 11 is 1.55. The minimum atomic E-state index is -0.562. The molecule has 28 heavy (non-hydrogen) atoms. The van der Waals surface area contributed by atoms with E-state index in [0.29, 0.717) is 11.3 Å². The van der Waals surface area contributed by atoms with Crippen LogP contribution in [0, 0.1) is 6.92 Å². The Hall–Kier alpha value is -2.93. The molecule has 1 atom stereocenters. The van der Waals surface area contributed by atoms with Crippen LogP contribution in [0.4, 0.5) is 0 Å². The molecule has 0 bridgehead atoms. The summed E-state index contributed by atoms with van der Waals surface area (Å²) in [5.74, 6) is -0.255. The number of aryl methyl sites for hydroxylation is 1. The number of fused-ring (bicyclic) bond motifs is 1. The van der Waals surface area contributed by atoms with Gasteiger partial charge in [-0.05, 0) is 43.7 Å². The number of rotatable bonds is 6. The molecule has 0 unspecified atom stereocenters. The molecule has 3 rings (SSSR count). The van der Waals surface area contributed by atoms with Crippen LogP contribution in [0.1, 0.15) is 33.9 Å². The predicted octanol–water partition coefficient (Wildman–Crippen LogP) is 3.99. The van der Waals surface area contributed by atoms with E-state index in [0.717, 1.165) is 20.8 Å². The SMILES string of the molecule is COc1cc(C(=O)OCC(=O)N(C)[C@@H](C)c2nc3ccccc3s2)ccc1C. The van der Waals surface area contributed by atoms with E-state index < -0.39 is 5.97 Å². The van der Waals surface area contributed by atoms with E-state index in [9.17, 15) is 9.59 Å². The van der Waals surface area contributed by atoms with E-state index in [-0.39, 0.29) is 18.6 Å². The molecule has 6 nitrogen and oxygen atoms in total. The highest BCUT2D eigenvalue weighted by molar-refractivity contribution is 7.18. The highest BCUT2D eigenvalue weighted by Gasteiger charge is 2.22. The van der Waals surface area contributed by atoms with E-state index in [1.165, 1.54) is 0 Å². The van der Waals surface area contributed by atoms with Crippen LogP contribution in [0.2, 0.25) is 0 Å². The zero-order valence-electron chi connectivity index (χ0n) is 16.3. The number of nitrogens with zero attached hydrogens (tertiary/aromatic N) is 2. The first-order valence-electron chi connectivity index (χ1n) is 8.83. The van der Waals surface area contributed by atoms with Crippen molar-refractivity contribution in [3.8, 4) is 5.75 Å². The van der Waals surface area contributed by atoms with Crippen molar-refractivity contribution in [1.29, 1.82) is 0 Å². The van der Waals surface area contributed by atoms with Crippen molar-refractivity contribution >= 4 is 33.4 Å². The van der Waals surface area contributed by atoms with Crippen molar-refractivity contribution < 1.29 is 19.1 Å². The number of carbonyl (C=O) groups excluding carboxylic acids is 2. The molecule has 3 aromatic rings. The number of benzene rings is 2. The number of para-hydroxylation sites is 1. The maximum absolute atomic E-state index is 12.5. The second-order valence-corrected chi connectivity index (χ2v) is 7.52. The molecule has 0 aliphatic heterocycles. The first kappa shape index (κ1) is 19.8. The Bertz CT molecular complexity index is 982. The lowest BCUT2D eigenvalue weighted by atomic mass is 10.1. The van der Waals surface area contributed by atoms with Crippen molar-refractivity contribution in [3.63, 3.8) is 0 Å². The molecule has 7 heteroatoms. The number of thiazole rings is 1. The number of esters is 1. The van der Waals surface area contributed by atoms with E-state index in [1.807, 2.05) is 38.1 Å². The fraction of sp³-hybridized carbons (Fsp3) is 0.286. The van der Waals surface area contributed by atoms with E-state index in [1.54, 1.807) is 48.6 Å². The maximum Gasteiger partial charge on any atom is 0.338 e. The van der Waals surface area contributed by atoms with Gasteiger partial charge in [-0.3, -0.25) is 4.79 Å². The van der Waals surface area contributed by atoms with Gasteiger partial charge in [-0.2, -0.15) is 0 Å². The van der Waals surface area contributed by atoms with Gasteiger partial charge < -0.3 is 14.4 Å². The second kappa shape index (κ2) is 8.39. The normalized spacial score (nSPS) is 11.9. The van der Waals surface area contributed by atoms with Gasteiger partial charge in [-0.1, -0.05) is 18.2 Å². The smallest absolute Gasteiger partial charge is 0.338 e. The topological polar surface area (TPSA) is 68.7 Å². The Morgan fingerprint density at radius 2 is 1.96 bits per heavy atom. The van der Waals surface area contributed by atoms with E-state index in [4.69, 9.17) is 9.47 Å². The van der Waals surface area contributed by atoms with Crippen molar-refractivity contribution in [2.24, 2.45) is 0 Å². The van der Waals surface area contributed by atoms with E-state index in [2.05, 4.69) is 4.98 Å². The first-order valence-corrected chi connectivity index (χ1v) is 9.65. The third kappa shape index (κ3) is 4.14. The predicted molar refractivity (Wildman–Crippen MR) is 109 cm³/mol. The molecule has 0 fully saturated rings. The molecule has 0 aliphatic carbocycles. The number of methoxy groups -OCH3 is 1. The number of carbonyl (C=O) groups is 2. The quantitative estimate of drug-likeness (QED) is 0.587. The van der Waals surface area contributed by atoms with Crippen LogP contribution in [0.25, 0.3) is 10.2 Å². The lowest BCUT2D eigenvalue weighted by Crippen LogP contribution is -2.33. The molecule has 0 radical (unpaired) electrons. The molecule has 0 saturated carbocycles. The second-order valence-electron chi connectivity index (χ2n) is 6.46. The van der Waals surface area contributed by atoms with Crippen molar-refractivity contribution in [2.45, 2.75) is 19.9 Å². The van der Waals surface area contributed by atoms with Crippen molar-refractivity contribution in [2.75, 3.05) is 20.8 Å². The molecule has 146 valence electrons. The van der Waals surface area contributed by atoms with Crippen molar-refractivity contribution in [3.05, 3.63) is 58.6 Å². The molecule has 0 N–H and O–H groups in total. The lowest BCUT2D eigenvalue weighted by Gasteiger charge is -2.23. The number of hydrogen-bond donors (Lipinski definition) is 0. The number of likely N-dealkylation sites (N-methyl/N-ethyl adjacent to an activating group) is 1. The van der Waals surface area contributed by atoms with Crippen LogP contribution in [0.15, 0.2) is 42.5 Å². The first-order chi connectivity index (χ1) is 13.4. The molecule has 1 heterocycles. The zero-order valence-corrected chi connectivity index (χ0v) is 17.1. The van der Waals surface area contributed by atoms with E-state index >= 15 is 0 Å². The van der Waals surface area contributed by atoms with Gasteiger partial charge in [0.1, 0.15) is 10.8 Å². The fourth-order valence-corrected chi connectivity index (χ4v) is 3.77. The van der Waals surface area contributed by atoms with Crippen LogP contribution < -0.4 is 4.74 Å². The zero-order chi connectivity index (χ0) is 20.3. The number of aromatic nitrogens is 1. The summed E-state index contributed by atoms with van der Waals surface area (Å²) < 4.78 is 11.5. The summed E-state index contributed by atoms with van der Waals surface area (Å²) in [5, 5.41) is 0.839. The average molecular weight is 398 g/mol. The Labute approximate surface area is 167 Å². The van der Waals surface area contributed by atoms with Crippen molar-refractivity contribution in [1.82, 2.24) is 9.88 Å². The maximum atomic E-state index is 12.5. The molecule has 0 saturated heterocycles. The summed E-state index contributed by atoms with van der Waals surface area (Å²) in [6, 6.07) is 12.7.